The number of rotatable bonds is 6. The van der Waals surface area contributed by atoms with E-state index in [1.165, 1.54) is 11.8 Å². The second-order valence-electron chi connectivity index (χ2n) is 4.91. The molecule has 0 saturated carbocycles. The lowest BCUT2D eigenvalue weighted by atomic mass is 10.1. The molecule has 110 valence electrons. The van der Waals surface area contributed by atoms with Gasteiger partial charge >= 0.3 is 0 Å². The molecule has 2 aromatic rings. The van der Waals surface area contributed by atoms with Gasteiger partial charge < -0.3 is 11.1 Å². The molecule has 0 aliphatic rings. The molecule has 0 aliphatic heterocycles. The molecule has 0 bridgehead atoms. The lowest BCUT2D eigenvalue weighted by Gasteiger charge is -2.08. The molecule has 1 unspecified atom stereocenters. The standard InChI is InChI=1S/C17H20N2OS/c1-13(18)15-8-5-9-16(10-15)21-12-17(20)19-11-14-6-3-2-4-7-14/h2-10,13H,11-12,18H2,1H3,(H,19,20). The van der Waals surface area contributed by atoms with E-state index in [2.05, 4.69) is 5.32 Å². The molecule has 0 heterocycles. The minimum Gasteiger partial charge on any atom is -0.351 e. The number of hydrogen-bond acceptors (Lipinski definition) is 3. The van der Waals surface area contributed by atoms with Crippen molar-refractivity contribution in [3.05, 3.63) is 65.7 Å². The maximum atomic E-state index is 11.9. The summed E-state index contributed by atoms with van der Waals surface area (Å²) < 4.78 is 0. The van der Waals surface area contributed by atoms with Crippen LogP contribution in [0.3, 0.4) is 0 Å². The summed E-state index contributed by atoms with van der Waals surface area (Å²) in [7, 11) is 0. The van der Waals surface area contributed by atoms with Gasteiger partial charge in [-0.05, 0) is 30.2 Å². The second-order valence-corrected chi connectivity index (χ2v) is 5.96. The van der Waals surface area contributed by atoms with E-state index in [1.807, 2.05) is 61.5 Å². The van der Waals surface area contributed by atoms with E-state index < -0.39 is 0 Å². The van der Waals surface area contributed by atoms with Crippen LogP contribution in [0.5, 0.6) is 0 Å². The van der Waals surface area contributed by atoms with Crippen LogP contribution in [0.15, 0.2) is 59.5 Å². The molecule has 2 rings (SSSR count). The Morgan fingerprint density at radius 2 is 1.95 bits per heavy atom. The quantitative estimate of drug-likeness (QED) is 0.806. The highest BCUT2D eigenvalue weighted by atomic mass is 32.2. The average molecular weight is 300 g/mol. The number of carbonyl (C=O) groups excluding carboxylic acids is 1. The number of amides is 1. The van der Waals surface area contributed by atoms with E-state index >= 15 is 0 Å². The predicted octanol–water partition coefficient (Wildman–Crippen LogP) is 3.11. The fourth-order valence-corrected chi connectivity index (χ4v) is 2.68. The van der Waals surface area contributed by atoms with Crippen molar-refractivity contribution in [3.8, 4) is 0 Å². The van der Waals surface area contributed by atoms with Crippen molar-refractivity contribution in [3.63, 3.8) is 0 Å². The summed E-state index contributed by atoms with van der Waals surface area (Å²) in [4.78, 5) is 12.9. The fourth-order valence-electron chi connectivity index (χ4n) is 1.88. The predicted molar refractivity (Wildman–Crippen MR) is 88.1 cm³/mol. The third-order valence-electron chi connectivity index (χ3n) is 3.09. The molecule has 21 heavy (non-hydrogen) atoms. The van der Waals surface area contributed by atoms with Crippen molar-refractivity contribution < 1.29 is 4.79 Å². The molecule has 1 atom stereocenters. The zero-order chi connectivity index (χ0) is 15.1. The fraction of sp³-hybridized carbons (Fsp3) is 0.235. The van der Waals surface area contributed by atoms with Crippen LogP contribution in [-0.4, -0.2) is 11.7 Å². The van der Waals surface area contributed by atoms with Gasteiger partial charge in [-0.3, -0.25) is 4.79 Å². The van der Waals surface area contributed by atoms with Crippen LogP contribution in [0.25, 0.3) is 0 Å². The van der Waals surface area contributed by atoms with Crippen LogP contribution in [-0.2, 0) is 11.3 Å². The van der Waals surface area contributed by atoms with Crippen LogP contribution >= 0.6 is 11.8 Å². The third kappa shape index (κ3) is 5.25. The van der Waals surface area contributed by atoms with Crippen LogP contribution in [0.4, 0.5) is 0 Å². The zero-order valence-corrected chi connectivity index (χ0v) is 12.9. The minimum atomic E-state index is 0.0115. The monoisotopic (exact) mass is 300 g/mol. The Morgan fingerprint density at radius 3 is 2.67 bits per heavy atom. The van der Waals surface area contributed by atoms with Crippen LogP contribution < -0.4 is 11.1 Å². The first-order valence-electron chi connectivity index (χ1n) is 6.94. The number of carbonyl (C=O) groups is 1. The summed E-state index contributed by atoms with van der Waals surface area (Å²) in [6, 6.07) is 17.9. The summed E-state index contributed by atoms with van der Waals surface area (Å²) >= 11 is 1.53. The van der Waals surface area contributed by atoms with E-state index in [1.54, 1.807) is 0 Å². The van der Waals surface area contributed by atoms with Crippen molar-refractivity contribution in [1.29, 1.82) is 0 Å². The highest BCUT2D eigenvalue weighted by molar-refractivity contribution is 8.00. The molecule has 3 N–H and O–H groups in total. The Hall–Kier alpha value is -1.78. The van der Waals surface area contributed by atoms with Crippen molar-refractivity contribution in [1.82, 2.24) is 5.32 Å². The molecule has 2 aromatic carbocycles. The van der Waals surface area contributed by atoms with Gasteiger partial charge in [0.05, 0.1) is 5.75 Å². The molecule has 0 spiro atoms. The Bertz CT molecular complexity index is 584. The Morgan fingerprint density at radius 1 is 1.19 bits per heavy atom. The Labute approximate surface area is 129 Å². The van der Waals surface area contributed by atoms with Crippen molar-refractivity contribution >= 4 is 17.7 Å². The van der Waals surface area contributed by atoms with Crippen molar-refractivity contribution in [2.75, 3.05) is 5.75 Å². The maximum Gasteiger partial charge on any atom is 0.230 e. The molecule has 0 aromatic heterocycles. The summed E-state index contributed by atoms with van der Waals surface area (Å²) in [6.45, 7) is 2.52. The summed E-state index contributed by atoms with van der Waals surface area (Å²) in [5.74, 6) is 0.449. The van der Waals surface area contributed by atoms with Crippen LogP contribution in [0.1, 0.15) is 24.1 Å². The van der Waals surface area contributed by atoms with Gasteiger partial charge in [0, 0.05) is 17.5 Å². The second kappa shape index (κ2) is 7.86. The summed E-state index contributed by atoms with van der Waals surface area (Å²) in [5, 5.41) is 2.92. The largest absolute Gasteiger partial charge is 0.351 e. The molecule has 4 heteroatoms. The number of nitrogens with one attached hydrogen (secondary N) is 1. The molecule has 1 amide bonds. The van der Waals surface area contributed by atoms with Gasteiger partial charge in [0.15, 0.2) is 0 Å². The smallest absolute Gasteiger partial charge is 0.230 e. The first-order chi connectivity index (χ1) is 10.1. The van der Waals surface area contributed by atoms with Crippen LogP contribution in [0, 0.1) is 0 Å². The number of nitrogens with two attached hydrogens (primary N) is 1. The molecule has 0 aliphatic carbocycles. The van der Waals surface area contributed by atoms with E-state index in [9.17, 15) is 4.79 Å². The Kier molecular flexibility index (Phi) is 5.84. The first-order valence-corrected chi connectivity index (χ1v) is 7.92. The van der Waals surface area contributed by atoms with Crippen molar-refractivity contribution in [2.45, 2.75) is 24.4 Å². The van der Waals surface area contributed by atoms with E-state index in [4.69, 9.17) is 5.73 Å². The number of hydrogen-bond donors (Lipinski definition) is 2. The van der Waals surface area contributed by atoms with Crippen LogP contribution in [0.2, 0.25) is 0 Å². The summed E-state index contributed by atoms with van der Waals surface area (Å²) in [6.07, 6.45) is 0. The molecule has 0 saturated heterocycles. The SMILES string of the molecule is CC(N)c1cccc(SCC(=O)NCc2ccccc2)c1. The molecular formula is C17H20N2OS. The number of thioether (sulfide) groups is 1. The van der Waals surface area contributed by atoms with Gasteiger partial charge in [0.2, 0.25) is 5.91 Å². The van der Waals surface area contributed by atoms with Crippen molar-refractivity contribution in [2.24, 2.45) is 5.73 Å². The maximum absolute atomic E-state index is 11.9. The van der Waals surface area contributed by atoms with E-state index in [0.29, 0.717) is 12.3 Å². The third-order valence-corrected chi connectivity index (χ3v) is 4.08. The first kappa shape index (κ1) is 15.6. The van der Waals surface area contributed by atoms with E-state index in [-0.39, 0.29) is 11.9 Å². The number of benzene rings is 2. The van der Waals surface area contributed by atoms with Gasteiger partial charge in [0.25, 0.3) is 0 Å². The lowest BCUT2D eigenvalue weighted by Crippen LogP contribution is -2.24. The average Bonchev–Trinajstić information content (AvgIpc) is 2.52. The molecule has 0 radical (unpaired) electrons. The van der Waals surface area contributed by atoms with Gasteiger partial charge in [-0.2, -0.15) is 0 Å². The molecule has 0 fully saturated rings. The van der Waals surface area contributed by atoms with Gasteiger partial charge in [0.1, 0.15) is 0 Å². The van der Waals surface area contributed by atoms with Gasteiger partial charge in [-0.1, -0.05) is 42.5 Å². The van der Waals surface area contributed by atoms with E-state index in [0.717, 1.165) is 16.0 Å². The highest BCUT2D eigenvalue weighted by Gasteiger charge is 2.05. The minimum absolute atomic E-state index is 0.0115. The molecule has 3 nitrogen and oxygen atoms in total. The van der Waals surface area contributed by atoms with Gasteiger partial charge in [-0.25, -0.2) is 0 Å². The summed E-state index contributed by atoms with van der Waals surface area (Å²) in [5.41, 5.74) is 8.06. The molecular weight excluding hydrogens is 280 g/mol. The topological polar surface area (TPSA) is 55.1 Å². The highest BCUT2D eigenvalue weighted by Crippen LogP contribution is 2.21. The van der Waals surface area contributed by atoms with Gasteiger partial charge in [-0.15, -0.1) is 11.8 Å². The normalized spacial score (nSPS) is 11.9. The Balaban J connectivity index is 1.80. The zero-order valence-electron chi connectivity index (χ0n) is 12.1. The lowest BCUT2D eigenvalue weighted by molar-refractivity contribution is -0.118.